The molecule has 0 aliphatic heterocycles. The number of carbonyl (C=O) groups excluding carboxylic acids is 1. The molecule has 0 spiro atoms. The molecule has 2 heterocycles. The number of benzene rings is 3. The van der Waals surface area contributed by atoms with Crippen LogP contribution in [0.25, 0.3) is 33.2 Å². The van der Waals surface area contributed by atoms with E-state index in [0.717, 1.165) is 16.6 Å². The number of hydrogen-bond donors (Lipinski definition) is 1. The highest BCUT2D eigenvalue weighted by molar-refractivity contribution is 5.97. The quantitative estimate of drug-likeness (QED) is 0.381. The van der Waals surface area contributed by atoms with Crippen LogP contribution in [0, 0.1) is 0 Å². The Morgan fingerprint density at radius 3 is 2.06 bits per heavy atom. The van der Waals surface area contributed by atoms with Crippen LogP contribution < -0.4 is 10.7 Å². The summed E-state index contributed by atoms with van der Waals surface area (Å²) in [7, 11) is 0. The number of nitrogens with one attached hydrogen (secondary N) is 1. The van der Waals surface area contributed by atoms with Gasteiger partial charge in [0.05, 0.1) is 11.0 Å². The molecule has 3 aromatic carbocycles. The van der Waals surface area contributed by atoms with Crippen LogP contribution in [0.15, 0.2) is 82.1 Å². The van der Waals surface area contributed by atoms with E-state index >= 15 is 0 Å². The zero-order valence-corrected chi connectivity index (χ0v) is 19.2. The van der Waals surface area contributed by atoms with E-state index < -0.39 is 0 Å². The van der Waals surface area contributed by atoms with Gasteiger partial charge in [-0.2, -0.15) is 4.98 Å². The van der Waals surface area contributed by atoms with Gasteiger partial charge >= 0.3 is 0 Å². The van der Waals surface area contributed by atoms with Crippen LogP contribution in [0.5, 0.6) is 0 Å². The fourth-order valence-corrected chi connectivity index (χ4v) is 3.94. The first-order chi connectivity index (χ1) is 16.3. The molecule has 0 unspecified atom stereocenters. The Labute approximate surface area is 196 Å². The molecule has 0 saturated carbocycles. The molecule has 0 bridgehead atoms. The van der Waals surface area contributed by atoms with E-state index in [1.54, 1.807) is 12.1 Å². The number of para-hydroxylation sites is 2. The molecule has 0 fully saturated rings. The summed E-state index contributed by atoms with van der Waals surface area (Å²) in [6.45, 7) is 6.11. The molecule has 170 valence electrons. The van der Waals surface area contributed by atoms with E-state index in [1.165, 1.54) is 0 Å². The Bertz CT molecular complexity index is 1510. The van der Waals surface area contributed by atoms with Crippen LogP contribution in [0.2, 0.25) is 0 Å². The van der Waals surface area contributed by atoms with Crippen molar-refractivity contribution in [2.45, 2.75) is 32.7 Å². The van der Waals surface area contributed by atoms with Gasteiger partial charge in [-0.25, -0.2) is 0 Å². The monoisotopic (exact) mass is 452 g/mol. The zero-order valence-electron chi connectivity index (χ0n) is 19.2. The van der Waals surface area contributed by atoms with Crippen molar-refractivity contribution in [1.29, 1.82) is 0 Å². The standard InChI is InChI=1S/C27H24N4O3/c1-27(2,3)26-29-25(30-34-26)17-12-14-18(15-13-17)28-23(32)16-31-21-10-6-4-8-19(21)24(33)20-9-5-7-11-22(20)31/h4-15H,16H2,1-3H3,(H,28,32). The minimum Gasteiger partial charge on any atom is -0.338 e. The van der Waals surface area contributed by atoms with Gasteiger partial charge < -0.3 is 14.4 Å². The minimum absolute atomic E-state index is 0.0328. The maximum atomic E-state index is 13.0. The predicted octanol–water partition coefficient (Wildman–Crippen LogP) is 5.14. The van der Waals surface area contributed by atoms with E-state index in [9.17, 15) is 9.59 Å². The maximum absolute atomic E-state index is 13.0. The Balaban J connectivity index is 1.40. The highest BCUT2D eigenvalue weighted by atomic mass is 16.5. The Morgan fingerprint density at radius 2 is 1.50 bits per heavy atom. The molecule has 2 aromatic heterocycles. The lowest BCUT2D eigenvalue weighted by atomic mass is 9.97. The molecule has 34 heavy (non-hydrogen) atoms. The highest BCUT2D eigenvalue weighted by Gasteiger charge is 2.22. The number of fused-ring (bicyclic) bond motifs is 2. The van der Waals surface area contributed by atoms with Gasteiger partial charge in [-0.15, -0.1) is 0 Å². The van der Waals surface area contributed by atoms with Crippen molar-refractivity contribution >= 4 is 33.4 Å². The largest absolute Gasteiger partial charge is 0.338 e. The number of anilines is 1. The van der Waals surface area contributed by atoms with Gasteiger partial charge in [-0.05, 0) is 48.5 Å². The zero-order chi connectivity index (χ0) is 23.9. The SMILES string of the molecule is CC(C)(C)c1nc(-c2ccc(NC(=O)Cn3c4ccccc4c(=O)c4ccccc43)cc2)no1. The van der Waals surface area contributed by atoms with E-state index in [1.807, 2.05) is 86.0 Å². The maximum Gasteiger partial charge on any atom is 0.244 e. The fourth-order valence-electron chi connectivity index (χ4n) is 3.94. The van der Waals surface area contributed by atoms with E-state index in [0.29, 0.717) is 28.2 Å². The molecule has 7 nitrogen and oxygen atoms in total. The van der Waals surface area contributed by atoms with Crippen LogP contribution in [-0.4, -0.2) is 20.6 Å². The van der Waals surface area contributed by atoms with Crippen molar-refractivity contribution < 1.29 is 9.32 Å². The first-order valence-corrected chi connectivity index (χ1v) is 11.1. The fraction of sp³-hybridized carbons (Fsp3) is 0.185. The summed E-state index contributed by atoms with van der Waals surface area (Å²) >= 11 is 0. The van der Waals surface area contributed by atoms with Crippen molar-refractivity contribution in [3.8, 4) is 11.4 Å². The molecule has 5 rings (SSSR count). The summed E-state index contributed by atoms with van der Waals surface area (Å²) in [6.07, 6.45) is 0. The van der Waals surface area contributed by atoms with Gasteiger partial charge in [0.15, 0.2) is 5.43 Å². The second-order valence-corrected chi connectivity index (χ2v) is 9.25. The first-order valence-electron chi connectivity index (χ1n) is 11.1. The summed E-state index contributed by atoms with van der Waals surface area (Å²) in [4.78, 5) is 30.3. The number of pyridine rings is 1. The van der Waals surface area contributed by atoms with Gasteiger partial charge in [-0.1, -0.05) is 50.2 Å². The van der Waals surface area contributed by atoms with E-state index in [2.05, 4.69) is 15.5 Å². The minimum atomic E-state index is -0.227. The number of aromatic nitrogens is 3. The van der Waals surface area contributed by atoms with Crippen LogP contribution in [0.1, 0.15) is 26.7 Å². The molecule has 0 radical (unpaired) electrons. The number of carbonyl (C=O) groups is 1. The Hall–Kier alpha value is -4.26. The molecular formula is C27H24N4O3. The molecule has 0 aliphatic rings. The van der Waals surface area contributed by atoms with Gasteiger partial charge in [0.25, 0.3) is 0 Å². The lowest BCUT2D eigenvalue weighted by Gasteiger charge is -2.15. The molecular weight excluding hydrogens is 428 g/mol. The van der Waals surface area contributed by atoms with Gasteiger partial charge in [0, 0.05) is 27.4 Å². The van der Waals surface area contributed by atoms with Gasteiger partial charge in [0.2, 0.25) is 17.6 Å². The second-order valence-electron chi connectivity index (χ2n) is 9.25. The third kappa shape index (κ3) is 3.96. The highest BCUT2D eigenvalue weighted by Crippen LogP contribution is 2.25. The predicted molar refractivity (Wildman–Crippen MR) is 133 cm³/mol. The molecule has 0 aliphatic carbocycles. The summed E-state index contributed by atoms with van der Waals surface area (Å²) in [5.74, 6) is 0.885. The average molecular weight is 453 g/mol. The number of amides is 1. The molecule has 1 amide bonds. The van der Waals surface area contributed by atoms with Crippen LogP contribution >= 0.6 is 0 Å². The van der Waals surface area contributed by atoms with Crippen molar-refractivity contribution in [1.82, 2.24) is 14.7 Å². The lowest BCUT2D eigenvalue weighted by molar-refractivity contribution is -0.116. The van der Waals surface area contributed by atoms with E-state index in [4.69, 9.17) is 4.52 Å². The number of nitrogens with zero attached hydrogens (tertiary/aromatic N) is 3. The number of rotatable bonds is 4. The molecule has 1 N–H and O–H groups in total. The molecule has 0 atom stereocenters. The van der Waals surface area contributed by atoms with Crippen LogP contribution in [-0.2, 0) is 16.8 Å². The molecule has 0 saturated heterocycles. The topological polar surface area (TPSA) is 90.0 Å². The van der Waals surface area contributed by atoms with Crippen molar-refractivity contribution in [3.05, 3.63) is 88.9 Å². The smallest absolute Gasteiger partial charge is 0.244 e. The Morgan fingerprint density at radius 1 is 0.912 bits per heavy atom. The van der Waals surface area contributed by atoms with Gasteiger partial charge in [-0.3, -0.25) is 9.59 Å². The summed E-state index contributed by atoms with van der Waals surface area (Å²) in [5.41, 5.74) is 2.65. The number of hydrogen-bond acceptors (Lipinski definition) is 5. The lowest BCUT2D eigenvalue weighted by Crippen LogP contribution is -2.21. The summed E-state index contributed by atoms with van der Waals surface area (Å²) in [5, 5.41) is 8.18. The molecule has 5 aromatic rings. The average Bonchev–Trinajstić information content (AvgIpc) is 3.33. The van der Waals surface area contributed by atoms with Crippen molar-refractivity contribution in [2.75, 3.05) is 5.32 Å². The summed E-state index contributed by atoms with van der Waals surface area (Å²) in [6, 6.07) is 22.0. The summed E-state index contributed by atoms with van der Waals surface area (Å²) < 4.78 is 7.25. The van der Waals surface area contributed by atoms with E-state index in [-0.39, 0.29) is 23.3 Å². The second kappa shape index (κ2) is 8.26. The molecule has 7 heteroatoms. The van der Waals surface area contributed by atoms with Crippen molar-refractivity contribution in [3.63, 3.8) is 0 Å². The normalized spacial score (nSPS) is 11.7. The van der Waals surface area contributed by atoms with Crippen LogP contribution in [0.3, 0.4) is 0 Å². The Kier molecular flexibility index (Phi) is 5.24. The third-order valence-electron chi connectivity index (χ3n) is 5.68. The first kappa shape index (κ1) is 21.6. The van der Waals surface area contributed by atoms with Gasteiger partial charge in [0.1, 0.15) is 6.54 Å². The van der Waals surface area contributed by atoms with Crippen LogP contribution in [0.4, 0.5) is 5.69 Å². The third-order valence-corrected chi connectivity index (χ3v) is 5.68. The van der Waals surface area contributed by atoms with Crippen molar-refractivity contribution in [2.24, 2.45) is 0 Å².